The Morgan fingerprint density at radius 1 is 1.18 bits per heavy atom. The number of nitrogens with zero attached hydrogens (tertiary/aromatic N) is 2. The Kier molecular flexibility index (Phi) is 5.22. The molecule has 3 nitrogen and oxygen atoms in total. The first-order valence-corrected chi connectivity index (χ1v) is 5.99. The number of halogens is 1. The van der Waals surface area contributed by atoms with Crippen molar-refractivity contribution < 1.29 is 4.39 Å². The molecule has 0 radical (unpaired) electrons. The van der Waals surface area contributed by atoms with Crippen LogP contribution in [-0.2, 0) is 0 Å². The number of likely N-dealkylation sites (N-methyl/N-ethyl adjacent to an activating group) is 1. The summed E-state index contributed by atoms with van der Waals surface area (Å²) in [4.78, 5) is 4.16. The van der Waals surface area contributed by atoms with E-state index in [4.69, 9.17) is 5.73 Å². The number of hydrogen-bond donors (Lipinski definition) is 1. The van der Waals surface area contributed by atoms with Gasteiger partial charge in [0.2, 0.25) is 0 Å². The molecule has 1 aromatic rings. The molecule has 0 heterocycles. The summed E-state index contributed by atoms with van der Waals surface area (Å²) in [6.07, 6.45) is 0.997. The molecule has 0 spiro atoms. The highest BCUT2D eigenvalue weighted by molar-refractivity contribution is 5.54. The first-order valence-electron chi connectivity index (χ1n) is 5.99. The van der Waals surface area contributed by atoms with E-state index in [0.29, 0.717) is 11.4 Å². The molecule has 4 heteroatoms. The van der Waals surface area contributed by atoms with Crippen LogP contribution in [0, 0.1) is 5.82 Å². The molecule has 1 aromatic carbocycles. The summed E-state index contributed by atoms with van der Waals surface area (Å²) >= 11 is 0. The highest BCUT2D eigenvalue weighted by atomic mass is 19.1. The van der Waals surface area contributed by atoms with Gasteiger partial charge < -0.3 is 15.5 Å². The highest BCUT2D eigenvalue weighted by Gasteiger charge is 2.11. The Hall–Kier alpha value is -1.29. The lowest BCUT2D eigenvalue weighted by Crippen LogP contribution is -2.32. The molecule has 2 N–H and O–H groups in total. The summed E-state index contributed by atoms with van der Waals surface area (Å²) in [7, 11) is 4.03. The van der Waals surface area contributed by atoms with Crippen molar-refractivity contribution in [2.75, 3.05) is 44.4 Å². The summed E-state index contributed by atoms with van der Waals surface area (Å²) < 4.78 is 13.8. The maximum absolute atomic E-state index is 13.8. The van der Waals surface area contributed by atoms with E-state index in [-0.39, 0.29) is 5.82 Å². The van der Waals surface area contributed by atoms with Crippen molar-refractivity contribution >= 4 is 11.4 Å². The minimum atomic E-state index is -0.239. The fourth-order valence-electron chi connectivity index (χ4n) is 1.72. The standard InChI is InChI=1S/C13H22FN3/c1-4-7-17(9-8-16(2)3)13-6-5-11(15)10-12(13)14/h5-6,10H,4,7-9,15H2,1-3H3. The summed E-state index contributed by atoms with van der Waals surface area (Å²) in [5.41, 5.74) is 6.67. The second-order valence-corrected chi connectivity index (χ2v) is 4.50. The Balaban J connectivity index is 2.81. The molecule has 1 rings (SSSR count). The monoisotopic (exact) mass is 239 g/mol. The van der Waals surface area contributed by atoms with Crippen molar-refractivity contribution in [3.63, 3.8) is 0 Å². The predicted molar refractivity (Wildman–Crippen MR) is 71.9 cm³/mol. The first kappa shape index (κ1) is 13.8. The summed E-state index contributed by atoms with van der Waals surface area (Å²) in [6, 6.07) is 4.89. The normalized spacial score (nSPS) is 10.9. The Bertz CT molecular complexity index is 353. The largest absolute Gasteiger partial charge is 0.399 e. The van der Waals surface area contributed by atoms with Crippen molar-refractivity contribution in [2.24, 2.45) is 0 Å². The third kappa shape index (κ3) is 4.23. The van der Waals surface area contributed by atoms with Gasteiger partial charge in [0, 0.05) is 25.3 Å². The molecule has 17 heavy (non-hydrogen) atoms. The van der Waals surface area contributed by atoms with Gasteiger partial charge in [-0.2, -0.15) is 0 Å². The molecule has 0 aliphatic rings. The van der Waals surface area contributed by atoms with E-state index >= 15 is 0 Å². The molecule has 96 valence electrons. The van der Waals surface area contributed by atoms with Gasteiger partial charge in [-0.15, -0.1) is 0 Å². The van der Waals surface area contributed by atoms with Crippen LogP contribution in [0.1, 0.15) is 13.3 Å². The topological polar surface area (TPSA) is 32.5 Å². The van der Waals surface area contributed by atoms with E-state index < -0.39 is 0 Å². The molecular formula is C13H22FN3. The molecule has 0 saturated heterocycles. The minimum Gasteiger partial charge on any atom is -0.399 e. The SMILES string of the molecule is CCCN(CCN(C)C)c1ccc(N)cc1F. The average Bonchev–Trinajstić information content (AvgIpc) is 2.24. The van der Waals surface area contributed by atoms with Gasteiger partial charge in [0.25, 0.3) is 0 Å². The third-order valence-electron chi connectivity index (χ3n) is 2.62. The number of benzene rings is 1. The van der Waals surface area contributed by atoms with Crippen LogP contribution < -0.4 is 10.6 Å². The van der Waals surface area contributed by atoms with Crippen LogP contribution in [0.25, 0.3) is 0 Å². The van der Waals surface area contributed by atoms with Gasteiger partial charge in [-0.25, -0.2) is 4.39 Å². The number of rotatable bonds is 6. The number of nitrogens with two attached hydrogens (primary N) is 1. The van der Waals surface area contributed by atoms with Gasteiger partial charge in [-0.1, -0.05) is 6.92 Å². The van der Waals surface area contributed by atoms with Crippen LogP contribution in [0.2, 0.25) is 0 Å². The maximum atomic E-state index is 13.8. The van der Waals surface area contributed by atoms with Crippen molar-refractivity contribution in [3.05, 3.63) is 24.0 Å². The number of hydrogen-bond acceptors (Lipinski definition) is 3. The lowest BCUT2D eigenvalue weighted by molar-refractivity contribution is 0.412. The average molecular weight is 239 g/mol. The zero-order valence-electron chi connectivity index (χ0n) is 10.9. The van der Waals surface area contributed by atoms with Crippen LogP contribution in [0.5, 0.6) is 0 Å². The van der Waals surface area contributed by atoms with Crippen molar-refractivity contribution in [2.45, 2.75) is 13.3 Å². The summed E-state index contributed by atoms with van der Waals surface area (Å²) in [5, 5.41) is 0. The maximum Gasteiger partial charge on any atom is 0.148 e. The van der Waals surface area contributed by atoms with Gasteiger partial charge in [-0.3, -0.25) is 0 Å². The van der Waals surface area contributed by atoms with Gasteiger partial charge in [-0.05, 0) is 38.7 Å². The highest BCUT2D eigenvalue weighted by Crippen LogP contribution is 2.21. The zero-order chi connectivity index (χ0) is 12.8. The third-order valence-corrected chi connectivity index (χ3v) is 2.62. The molecule has 0 unspecified atom stereocenters. The number of nitrogen functional groups attached to an aromatic ring is 1. The van der Waals surface area contributed by atoms with E-state index in [1.807, 2.05) is 14.1 Å². The van der Waals surface area contributed by atoms with Crippen LogP contribution >= 0.6 is 0 Å². The lowest BCUT2D eigenvalue weighted by Gasteiger charge is -2.26. The molecule has 0 amide bonds. The quantitative estimate of drug-likeness (QED) is 0.772. The second kappa shape index (κ2) is 6.45. The van der Waals surface area contributed by atoms with Crippen LogP contribution in [0.15, 0.2) is 18.2 Å². The minimum absolute atomic E-state index is 0.239. The van der Waals surface area contributed by atoms with Crippen LogP contribution in [-0.4, -0.2) is 38.6 Å². The fraction of sp³-hybridized carbons (Fsp3) is 0.538. The predicted octanol–water partition coefficient (Wildman–Crippen LogP) is 2.19. The summed E-state index contributed by atoms with van der Waals surface area (Å²) in [5.74, 6) is -0.239. The Morgan fingerprint density at radius 3 is 2.41 bits per heavy atom. The van der Waals surface area contributed by atoms with Crippen molar-refractivity contribution in [1.82, 2.24) is 4.90 Å². The molecule has 0 aromatic heterocycles. The lowest BCUT2D eigenvalue weighted by atomic mass is 10.2. The van der Waals surface area contributed by atoms with E-state index in [2.05, 4.69) is 16.7 Å². The number of anilines is 2. The summed E-state index contributed by atoms with van der Waals surface area (Å²) in [6.45, 7) is 4.68. The van der Waals surface area contributed by atoms with Gasteiger partial charge in [0.1, 0.15) is 5.82 Å². The van der Waals surface area contributed by atoms with E-state index in [1.54, 1.807) is 12.1 Å². The van der Waals surface area contributed by atoms with Gasteiger partial charge in [0.05, 0.1) is 5.69 Å². The molecular weight excluding hydrogens is 217 g/mol. The Labute approximate surface area is 103 Å². The van der Waals surface area contributed by atoms with Crippen LogP contribution in [0.4, 0.5) is 15.8 Å². The molecule has 0 bridgehead atoms. The molecule has 0 aliphatic carbocycles. The molecule has 0 fully saturated rings. The first-order chi connectivity index (χ1) is 8.04. The van der Waals surface area contributed by atoms with Gasteiger partial charge >= 0.3 is 0 Å². The van der Waals surface area contributed by atoms with E-state index in [9.17, 15) is 4.39 Å². The van der Waals surface area contributed by atoms with E-state index in [0.717, 1.165) is 26.1 Å². The van der Waals surface area contributed by atoms with Crippen molar-refractivity contribution in [1.29, 1.82) is 0 Å². The molecule has 0 aliphatic heterocycles. The molecule has 0 atom stereocenters. The molecule has 0 saturated carbocycles. The fourth-order valence-corrected chi connectivity index (χ4v) is 1.72. The zero-order valence-corrected chi connectivity index (χ0v) is 10.9. The van der Waals surface area contributed by atoms with Gasteiger partial charge in [0.15, 0.2) is 0 Å². The van der Waals surface area contributed by atoms with Crippen molar-refractivity contribution in [3.8, 4) is 0 Å². The van der Waals surface area contributed by atoms with Crippen LogP contribution in [0.3, 0.4) is 0 Å². The van der Waals surface area contributed by atoms with E-state index in [1.165, 1.54) is 6.07 Å². The Morgan fingerprint density at radius 2 is 1.88 bits per heavy atom. The second-order valence-electron chi connectivity index (χ2n) is 4.50. The smallest absolute Gasteiger partial charge is 0.148 e.